The third kappa shape index (κ3) is 9.61. The minimum absolute atomic E-state index is 0.355. The normalized spacial score (nSPS) is 14.3. The van der Waals surface area contributed by atoms with Gasteiger partial charge in [-0.2, -0.15) is 0 Å². The quantitative estimate of drug-likeness (QED) is 0.669. The van der Waals surface area contributed by atoms with E-state index in [2.05, 4.69) is 39.5 Å². The van der Waals surface area contributed by atoms with Gasteiger partial charge in [0, 0.05) is 6.61 Å². The van der Waals surface area contributed by atoms with Crippen LogP contribution in [0.4, 0.5) is 0 Å². The molecular weight excluding hydrogens is 210 g/mol. The Bertz CT molecular complexity index is 170. The number of hydrogen-bond donors (Lipinski definition) is 1. The lowest BCUT2D eigenvalue weighted by atomic mass is 9.85. The highest BCUT2D eigenvalue weighted by Gasteiger charge is 2.14. The van der Waals surface area contributed by atoms with Gasteiger partial charge in [0.15, 0.2) is 0 Å². The predicted molar refractivity (Wildman–Crippen MR) is 76.3 cm³/mol. The Balaban J connectivity index is 3.75. The Morgan fingerprint density at radius 3 is 2.06 bits per heavy atom. The van der Waals surface area contributed by atoms with Gasteiger partial charge in [-0.05, 0) is 56.7 Å². The van der Waals surface area contributed by atoms with Crippen molar-refractivity contribution in [1.82, 2.24) is 4.90 Å². The van der Waals surface area contributed by atoms with Crippen LogP contribution < -0.4 is 0 Å². The molecule has 0 aromatic heterocycles. The highest BCUT2D eigenvalue weighted by atomic mass is 16.3. The van der Waals surface area contributed by atoms with Crippen LogP contribution in [0.25, 0.3) is 0 Å². The van der Waals surface area contributed by atoms with Gasteiger partial charge >= 0.3 is 0 Å². The Hall–Kier alpha value is -0.0800. The zero-order valence-electron chi connectivity index (χ0n) is 12.6. The van der Waals surface area contributed by atoms with Crippen LogP contribution in [0.3, 0.4) is 0 Å². The molecule has 1 N–H and O–H groups in total. The molecule has 0 radical (unpaired) electrons. The zero-order chi connectivity index (χ0) is 13.3. The van der Waals surface area contributed by atoms with Crippen LogP contribution in [-0.2, 0) is 0 Å². The second-order valence-electron chi connectivity index (χ2n) is 6.32. The van der Waals surface area contributed by atoms with E-state index in [0.717, 1.165) is 19.5 Å². The lowest BCUT2D eigenvalue weighted by molar-refractivity contribution is 0.184. The molecule has 0 saturated heterocycles. The molecule has 0 unspecified atom stereocenters. The first kappa shape index (κ1) is 16.9. The summed E-state index contributed by atoms with van der Waals surface area (Å²) >= 11 is 0. The monoisotopic (exact) mass is 243 g/mol. The summed E-state index contributed by atoms with van der Waals surface area (Å²) in [6.45, 7) is 15.1. The number of rotatable bonds is 9. The fourth-order valence-electron chi connectivity index (χ4n) is 2.11. The number of nitrogens with zero attached hydrogens (tertiary/aromatic N) is 1. The van der Waals surface area contributed by atoms with Crippen LogP contribution in [-0.4, -0.2) is 36.2 Å². The topological polar surface area (TPSA) is 23.5 Å². The molecule has 0 aromatic carbocycles. The van der Waals surface area contributed by atoms with Crippen molar-refractivity contribution in [3.8, 4) is 0 Å². The molecule has 17 heavy (non-hydrogen) atoms. The number of hydrogen-bond acceptors (Lipinski definition) is 2. The van der Waals surface area contributed by atoms with Crippen LogP contribution in [0.15, 0.2) is 0 Å². The summed E-state index contributed by atoms with van der Waals surface area (Å²) in [4.78, 5) is 2.46. The van der Waals surface area contributed by atoms with Crippen molar-refractivity contribution >= 4 is 0 Å². The molecular formula is C15H33NO. The first-order valence-corrected chi connectivity index (χ1v) is 7.26. The van der Waals surface area contributed by atoms with Crippen molar-refractivity contribution in [3.63, 3.8) is 0 Å². The number of aliphatic hydroxyl groups is 1. The second kappa shape index (κ2) is 8.93. The maximum atomic E-state index is 9.39. The highest BCUT2D eigenvalue weighted by Crippen LogP contribution is 2.25. The molecule has 2 heteroatoms. The van der Waals surface area contributed by atoms with E-state index in [0.29, 0.717) is 17.9 Å². The van der Waals surface area contributed by atoms with Gasteiger partial charge < -0.3 is 10.0 Å². The van der Waals surface area contributed by atoms with Crippen LogP contribution in [0, 0.1) is 11.3 Å². The molecule has 0 bridgehead atoms. The zero-order valence-corrected chi connectivity index (χ0v) is 12.6. The minimum atomic E-state index is 0.355. The third-order valence-electron chi connectivity index (χ3n) is 3.54. The van der Waals surface area contributed by atoms with Crippen molar-refractivity contribution in [2.45, 2.75) is 60.3 Å². The molecule has 0 spiro atoms. The summed E-state index contributed by atoms with van der Waals surface area (Å²) in [6.07, 6.45) is 4.77. The van der Waals surface area contributed by atoms with Crippen molar-refractivity contribution in [2.24, 2.45) is 11.3 Å². The van der Waals surface area contributed by atoms with Crippen molar-refractivity contribution < 1.29 is 5.11 Å². The molecule has 0 heterocycles. The van der Waals surface area contributed by atoms with E-state index in [-0.39, 0.29) is 0 Å². The van der Waals surface area contributed by atoms with Crippen LogP contribution >= 0.6 is 0 Å². The maximum Gasteiger partial charge on any atom is 0.0459 e. The van der Waals surface area contributed by atoms with Gasteiger partial charge in [0.2, 0.25) is 0 Å². The molecule has 1 atom stereocenters. The summed E-state index contributed by atoms with van der Waals surface area (Å²) in [5, 5.41) is 9.39. The average Bonchev–Trinajstić information content (AvgIpc) is 2.27. The molecule has 0 aliphatic heterocycles. The SMILES string of the molecule is CCN(CC)CCC[C@H](CO)CCC(C)(C)C. The van der Waals surface area contributed by atoms with Crippen LogP contribution in [0.5, 0.6) is 0 Å². The van der Waals surface area contributed by atoms with Gasteiger partial charge in [0.05, 0.1) is 0 Å². The second-order valence-corrected chi connectivity index (χ2v) is 6.32. The molecule has 0 saturated carbocycles. The summed E-state index contributed by atoms with van der Waals surface area (Å²) in [7, 11) is 0. The summed E-state index contributed by atoms with van der Waals surface area (Å²) in [6, 6.07) is 0. The van der Waals surface area contributed by atoms with Crippen LogP contribution in [0.1, 0.15) is 60.3 Å². The molecule has 0 aliphatic carbocycles. The van der Waals surface area contributed by atoms with Crippen molar-refractivity contribution in [2.75, 3.05) is 26.2 Å². The van der Waals surface area contributed by atoms with Gasteiger partial charge in [-0.15, -0.1) is 0 Å². The van der Waals surface area contributed by atoms with Crippen LogP contribution in [0.2, 0.25) is 0 Å². The van der Waals surface area contributed by atoms with Crippen molar-refractivity contribution in [3.05, 3.63) is 0 Å². The summed E-state index contributed by atoms with van der Waals surface area (Å²) in [5.41, 5.74) is 0.395. The minimum Gasteiger partial charge on any atom is -0.396 e. The predicted octanol–water partition coefficient (Wildman–Crippen LogP) is 3.54. The average molecular weight is 243 g/mol. The van der Waals surface area contributed by atoms with E-state index in [9.17, 15) is 5.11 Å². The van der Waals surface area contributed by atoms with Gasteiger partial charge in [0.1, 0.15) is 0 Å². The maximum absolute atomic E-state index is 9.39. The Labute approximate surface area is 108 Å². The molecule has 0 fully saturated rings. The summed E-state index contributed by atoms with van der Waals surface area (Å²) in [5.74, 6) is 0.504. The lowest BCUT2D eigenvalue weighted by Gasteiger charge is -2.23. The number of aliphatic hydroxyl groups excluding tert-OH is 1. The van der Waals surface area contributed by atoms with Gasteiger partial charge in [0.25, 0.3) is 0 Å². The molecule has 0 aliphatic rings. The Morgan fingerprint density at radius 1 is 1.06 bits per heavy atom. The smallest absolute Gasteiger partial charge is 0.0459 e. The van der Waals surface area contributed by atoms with Crippen molar-refractivity contribution in [1.29, 1.82) is 0 Å². The summed E-state index contributed by atoms with van der Waals surface area (Å²) < 4.78 is 0. The van der Waals surface area contributed by atoms with Gasteiger partial charge in [-0.25, -0.2) is 0 Å². The van der Waals surface area contributed by atoms with E-state index >= 15 is 0 Å². The Kier molecular flexibility index (Phi) is 8.89. The molecule has 0 aromatic rings. The third-order valence-corrected chi connectivity index (χ3v) is 3.54. The highest BCUT2D eigenvalue weighted by molar-refractivity contribution is 4.67. The Morgan fingerprint density at radius 2 is 1.65 bits per heavy atom. The standard InChI is InChI=1S/C15H33NO/c1-6-16(7-2)12-8-9-14(13-17)10-11-15(3,4)5/h14,17H,6-13H2,1-5H3/t14-/m0/s1. The van der Waals surface area contributed by atoms with E-state index in [4.69, 9.17) is 0 Å². The fourth-order valence-corrected chi connectivity index (χ4v) is 2.11. The fraction of sp³-hybridized carbons (Fsp3) is 1.00. The van der Waals surface area contributed by atoms with E-state index < -0.39 is 0 Å². The van der Waals surface area contributed by atoms with E-state index in [1.54, 1.807) is 0 Å². The largest absolute Gasteiger partial charge is 0.396 e. The van der Waals surface area contributed by atoms with Gasteiger partial charge in [-0.3, -0.25) is 0 Å². The van der Waals surface area contributed by atoms with E-state index in [1.165, 1.54) is 25.8 Å². The molecule has 2 nitrogen and oxygen atoms in total. The van der Waals surface area contributed by atoms with E-state index in [1.807, 2.05) is 0 Å². The lowest BCUT2D eigenvalue weighted by Crippen LogP contribution is -2.24. The van der Waals surface area contributed by atoms with Gasteiger partial charge in [-0.1, -0.05) is 34.6 Å². The first-order chi connectivity index (χ1) is 7.92. The molecule has 0 rings (SSSR count). The molecule has 0 amide bonds. The first-order valence-electron chi connectivity index (χ1n) is 7.26. The molecule has 104 valence electrons.